The molecule has 1 aliphatic rings. The van der Waals surface area contributed by atoms with Crippen LogP contribution < -0.4 is 0 Å². The average Bonchev–Trinajstić information content (AvgIpc) is 2.42. The molecule has 2 nitrogen and oxygen atoms in total. The Kier molecular flexibility index (Phi) is 13.6. The van der Waals surface area contributed by atoms with Crippen LogP contribution in [0.5, 0.6) is 0 Å². The minimum absolute atomic E-state index is 0.0205. The van der Waals surface area contributed by atoms with Crippen molar-refractivity contribution in [3.63, 3.8) is 0 Å². The number of hydrogen-bond acceptors (Lipinski definition) is 0. The van der Waals surface area contributed by atoms with Gasteiger partial charge in [0.15, 0.2) is 0 Å². The molecule has 0 heterocycles. The van der Waals surface area contributed by atoms with Crippen LogP contribution in [0, 0.1) is 5.82 Å². The van der Waals surface area contributed by atoms with Crippen molar-refractivity contribution in [2.75, 3.05) is 0 Å². The molecule has 2 rings (SSSR count). The van der Waals surface area contributed by atoms with Crippen LogP contribution in [0.3, 0.4) is 0 Å². The second kappa shape index (κ2) is 13.3. The van der Waals surface area contributed by atoms with Gasteiger partial charge >= 0.3 is 35.3 Å². The van der Waals surface area contributed by atoms with Gasteiger partial charge in [0.05, 0.1) is 0 Å². The molecule has 0 atom stereocenters. The Bertz CT molecular complexity index is 323. The minimum Gasteiger partial charge on any atom is -0.675 e. The molecular weight excluding hydrogens is 469 g/mol. The predicted molar refractivity (Wildman–Crippen MR) is 77.3 cm³/mol. The quantitative estimate of drug-likeness (QED) is 0.457. The summed E-state index contributed by atoms with van der Waals surface area (Å²) in [5.41, 5.74) is 14.6. The van der Waals surface area contributed by atoms with Crippen LogP contribution in [0.25, 0.3) is 11.5 Å². The molecule has 0 radical (unpaired) electrons. The number of benzene rings is 1. The first kappa shape index (κ1) is 19.3. The van der Waals surface area contributed by atoms with Crippen LogP contribution in [-0.2, 0) is 23.0 Å². The van der Waals surface area contributed by atoms with E-state index in [1.807, 2.05) is 0 Å². The minimum atomic E-state index is -0.472. The van der Waals surface area contributed by atoms with Gasteiger partial charge in [-0.1, -0.05) is 50.3 Å². The Morgan fingerprint density at radius 2 is 1.68 bits per heavy atom. The van der Waals surface area contributed by atoms with Crippen LogP contribution in [0.4, 0.5) is 4.39 Å². The summed E-state index contributed by atoms with van der Waals surface area (Å²) in [6, 6.07) is 6.61. The van der Waals surface area contributed by atoms with Crippen LogP contribution in [0.1, 0.15) is 37.7 Å². The van der Waals surface area contributed by atoms with Gasteiger partial charge < -0.3 is 11.5 Å². The maximum Gasteiger partial charge on any atom is 0.124 e. The van der Waals surface area contributed by atoms with E-state index in [1.54, 1.807) is 18.2 Å². The summed E-state index contributed by atoms with van der Waals surface area (Å²) in [6.45, 7) is 0.0205. The third-order valence-electron chi connectivity index (χ3n) is 2.75. The zero-order valence-corrected chi connectivity index (χ0v) is 14.4. The fraction of sp³-hybridized carbons (Fsp3) is 0.538. The molecule has 112 valence electrons. The maximum absolute atomic E-state index is 12.5. The molecule has 0 aliphatic heterocycles. The van der Waals surface area contributed by atoms with E-state index in [2.05, 4.69) is 0 Å². The van der Waals surface area contributed by atoms with Gasteiger partial charge in [0.1, 0.15) is 5.82 Å². The molecule has 1 saturated carbocycles. The predicted octanol–water partition coefficient (Wildman–Crippen LogP) is 6.13. The smallest absolute Gasteiger partial charge is 0.124 e. The normalized spacial score (nSPS) is 15.0. The summed E-state index contributed by atoms with van der Waals surface area (Å²) in [5, 5.41) is 0. The van der Waals surface area contributed by atoms with Crippen molar-refractivity contribution < 1.29 is 20.9 Å². The van der Waals surface area contributed by atoms with Gasteiger partial charge in [-0.15, -0.1) is 12.6 Å². The number of nitrogens with one attached hydrogen (secondary N) is 2. The molecule has 2 N–H and O–H groups in total. The summed E-state index contributed by atoms with van der Waals surface area (Å²) < 4.78 is 12.5. The van der Waals surface area contributed by atoms with Crippen LogP contribution in [0.2, 0.25) is 0 Å². The Hall–Kier alpha value is 0.338. The third kappa shape index (κ3) is 10.8. The summed E-state index contributed by atoms with van der Waals surface area (Å²) >= 11 is -0.472. The summed E-state index contributed by atoms with van der Waals surface area (Å²) in [6.07, 6.45) is 6.28. The Balaban J connectivity index is 0.000000289. The monoisotopic (exact) mass is 487 g/mol. The molecule has 1 aromatic rings. The first-order valence-electron chi connectivity index (χ1n) is 6.07. The molecule has 6 heteroatoms. The number of rotatable bonds is 1. The van der Waals surface area contributed by atoms with E-state index in [1.165, 1.54) is 25.3 Å². The molecule has 19 heavy (non-hydrogen) atoms. The average molecular weight is 488 g/mol. The second-order valence-corrected chi connectivity index (χ2v) is 7.43. The summed E-state index contributed by atoms with van der Waals surface area (Å²) in [7, 11) is 9.75. The first-order valence-corrected chi connectivity index (χ1v) is 11.7. The van der Waals surface area contributed by atoms with E-state index >= 15 is 0 Å². The Morgan fingerprint density at radius 1 is 1.16 bits per heavy atom. The van der Waals surface area contributed by atoms with Crippen molar-refractivity contribution in [1.29, 1.82) is 0 Å². The van der Waals surface area contributed by atoms with Gasteiger partial charge in [-0.05, 0) is 11.6 Å². The molecule has 0 amide bonds. The molecule has 0 aromatic heterocycles. The van der Waals surface area contributed by atoms with Gasteiger partial charge in [0.25, 0.3) is 0 Å². The fourth-order valence-corrected chi connectivity index (χ4v) is 1.74. The van der Waals surface area contributed by atoms with Crippen molar-refractivity contribution in [2.24, 2.45) is 0 Å². The van der Waals surface area contributed by atoms with Crippen molar-refractivity contribution in [3.05, 3.63) is 47.1 Å². The van der Waals surface area contributed by atoms with E-state index in [4.69, 9.17) is 30.3 Å². The van der Waals surface area contributed by atoms with Crippen molar-refractivity contribution in [3.8, 4) is 0 Å². The standard InChI is InChI=1S/C7H7FN.C6H12N.2ClH.Pt/c8-7-4-2-1-3-6(7)5-9;7-6-4-2-1-3-5-6;;;/h1-4,9H,5H2;6-7H,1-5H2;2*1H;/q2*-1;;;+4/p-2. The van der Waals surface area contributed by atoms with Gasteiger partial charge in [-0.3, -0.25) is 0 Å². The molecule has 0 bridgehead atoms. The van der Waals surface area contributed by atoms with Crippen LogP contribution in [-0.4, -0.2) is 6.04 Å². The zero-order chi connectivity index (χ0) is 14.5. The largest absolute Gasteiger partial charge is 0.675 e. The van der Waals surface area contributed by atoms with Gasteiger partial charge in [0, 0.05) is 0 Å². The van der Waals surface area contributed by atoms with E-state index < -0.39 is 16.5 Å². The molecule has 0 spiro atoms. The number of hydrogen-bond donors (Lipinski definition) is 0. The summed E-state index contributed by atoms with van der Waals surface area (Å²) in [4.78, 5) is 0. The topological polar surface area (TPSA) is 47.6 Å². The molecule has 1 fully saturated rings. The van der Waals surface area contributed by atoms with Crippen LogP contribution in [0.15, 0.2) is 24.3 Å². The van der Waals surface area contributed by atoms with Gasteiger partial charge in [-0.2, -0.15) is 0 Å². The van der Waals surface area contributed by atoms with E-state index in [9.17, 15) is 4.39 Å². The summed E-state index contributed by atoms with van der Waals surface area (Å²) in [5.74, 6) is -0.285. The fourth-order valence-electron chi connectivity index (χ4n) is 1.74. The zero-order valence-electron chi connectivity index (χ0n) is 10.6. The van der Waals surface area contributed by atoms with Crippen molar-refractivity contribution in [2.45, 2.75) is 44.7 Å². The molecule has 1 aliphatic carbocycles. The Labute approximate surface area is 131 Å². The molecule has 1 aromatic carbocycles. The van der Waals surface area contributed by atoms with E-state index in [-0.39, 0.29) is 18.4 Å². The van der Waals surface area contributed by atoms with E-state index in [0.717, 1.165) is 12.8 Å². The molecule has 0 unspecified atom stereocenters. The Morgan fingerprint density at radius 3 is 2.00 bits per heavy atom. The van der Waals surface area contributed by atoms with Gasteiger partial charge in [-0.25, -0.2) is 4.39 Å². The number of halogens is 3. The van der Waals surface area contributed by atoms with Crippen LogP contribution >= 0.6 is 18.8 Å². The first-order chi connectivity index (χ1) is 9.15. The molecule has 0 saturated heterocycles. The van der Waals surface area contributed by atoms with Crippen molar-refractivity contribution >= 4 is 18.8 Å². The maximum atomic E-state index is 12.5. The SMILES string of the molecule is [Cl][Pt+2][Cl].[NH-]C1CCCCC1.[NH-]Cc1ccccc1F. The molecular formula is C13H19Cl2FN2Pt. The van der Waals surface area contributed by atoms with Gasteiger partial charge in [0.2, 0.25) is 0 Å². The second-order valence-electron chi connectivity index (χ2n) is 4.15. The van der Waals surface area contributed by atoms with E-state index in [0.29, 0.717) is 5.56 Å². The van der Waals surface area contributed by atoms with Crippen molar-refractivity contribution in [1.82, 2.24) is 0 Å². The third-order valence-corrected chi connectivity index (χ3v) is 2.75.